The Labute approximate surface area is 209 Å². The first-order chi connectivity index (χ1) is 17.6. The number of hydrogen-bond donors (Lipinski definition) is 1. The molecule has 10 heteroatoms. The van der Waals surface area contributed by atoms with E-state index in [0.29, 0.717) is 22.9 Å². The molecule has 1 unspecified atom stereocenters. The van der Waals surface area contributed by atoms with E-state index in [1.807, 2.05) is 30.0 Å². The summed E-state index contributed by atoms with van der Waals surface area (Å²) in [6.45, 7) is 5.54. The second-order valence-corrected chi connectivity index (χ2v) is 9.70. The number of primary amides is 1. The fourth-order valence-electron chi connectivity index (χ4n) is 5.23. The first kappa shape index (κ1) is 22.6. The second-order valence-electron chi connectivity index (χ2n) is 9.70. The fourth-order valence-corrected chi connectivity index (χ4v) is 5.23. The molecule has 0 radical (unpaired) electrons. The molecule has 3 aliphatic rings. The lowest BCUT2D eigenvalue weighted by molar-refractivity contribution is -0.114. The fraction of sp³-hybridized carbons (Fsp3) is 0.462. The molecule has 36 heavy (non-hydrogen) atoms. The Morgan fingerprint density at radius 3 is 2.39 bits per heavy atom. The molecule has 0 spiro atoms. The maximum atomic E-state index is 12.5. The van der Waals surface area contributed by atoms with Gasteiger partial charge in [0.1, 0.15) is 12.0 Å². The molecule has 6 heterocycles. The molecular weight excluding hydrogens is 458 g/mol. The topological polar surface area (TPSA) is 114 Å². The highest BCUT2D eigenvalue weighted by Gasteiger charge is 2.37. The van der Waals surface area contributed by atoms with Crippen LogP contribution in [0, 0.1) is 6.92 Å². The number of nitrogens with two attached hydrogens (primary N) is 1. The molecule has 0 aromatic carbocycles. The third-order valence-electron chi connectivity index (χ3n) is 7.15. The van der Waals surface area contributed by atoms with Gasteiger partial charge in [0, 0.05) is 49.7 Å². The van der Waals surface area contributed by atoms with Crippen molar-refractivity contribution in [2.24, 2.45) is 5.73 Å². The minimum atomic E-state index is -0.604. The summed E-state index contributed by atoms with van der Waals surface area (Å²) < 4.78 is 12.2. The van der Waals surface area contributed by atoms with Crippen molar-refractivity contribution in [1.29, 1.82) is 0 Å². The van der Waals surface area contributed by atoms with Crippen molar-refractivity contribution in [1.82, 2.24) is 15.0 Å². The molecule has 3 aromatic heterocycles. The molecule has 10 nitrogen and oxygen atoms in total. The van der Waals surface area contributed by atoms with Gasteiger partial charge in [0.2, 0.25) is 11.9 Å². The summed E-state index contributed by atoms with van der Waals surface area (Å²) in [4.78, 5) is 33.0. The number of fused-ring (bicyclic) bond motifs is 1. The van der Waals surface area contributed by atoms with E-state index >= 15 is 0 Å². The van der Waals surface area contributed by atoms with E-state index < -0.39 is 12.1 Å². The third-order valence-corrected chi connectivity index (χ3v) is 7.15. The number of carbonyl (C=O) groups excluding carboxylic acids is 1. The van der Waals surface area contributed by atoms with E-state index in [9.17, 15) is 4.79 Å². The Hall–Kier alpha value is -3.82. The van der Waals surface area contributed by atoms with Gasteiger partial charge < -0.3 is 24.7 Å². The monoisotopic (exact) mass is 489 g/mol. The van der Waals surface area contributed by atoms with Crippen LogP contribution in [-0.2, 0) is 9.53 Å². The smallest absolute Gasteiger partial charge is 0.299 e. The minimum absolute atomic E-state index is 0.260. The average molecular weight is 490 g/mol. The number of aryl methyl sites for hydroxylation is 1. The molecule has 0 bridgehead atoms. The SMILES string of the molecule is Cc1ccc(C2OC=C(C(N)=O)N2c2cc3oc(N4CCCCC4)nc3nc2N2CCCCC2)cn1. The van der Waals surface area contributed by atoms with E-state index in [4.69, 9.17) is 24.9 Å². The highest BCUT2D eigenvalue weighted by molar-refractivity contribution is 5.98. The summed E-state index contributed by atoms with van der Waals surface area (Å²) in [6.07, 6.45) is 9.42. The summed E-state index contributed by atoms with van der Waals surface area (Å²) in [5.41, 5.74) is 9.63. The quantitative estimate of drug-likeness (QED) is 0.572. The zero-order valence-corrected chi connectivity index (χ0v) is 20.5. The highest BCUT2D eigenvalue weighted by atomic mass is 16.5. The number of nitrogens with zero attached hydrogens (tertiary/aromatic N) is 6. The van der Waals surface area contributed by atoms with Crippen molar-refractivity contribution in [2.45, 2.75) is 51.7 Å². The first-order valence-electron chi connectivity index (χ1n) is 12.8. The van der Waals surface area contributed by atoms with Gasteiger partial charge in [-0.1, -0.05) is 6.07 Å². The zero-order chi connectivity index (χ0) is 24.6. The third kappa shape index (κ3) is 4.10. The normalized spacial score (nSPS) is 20.5. The summed E-state index contributed by atoms with van der Waals surface area (Å²) >= 11 is 0. The molecule has 2 fully saturated rings. The van der Waals surface area contributed by atoms with Crippen molar-refractivity contribution < 1.29 is 13.9 Å². The molecule has 1 amide bonds. The van der Waals surface area contributed by atoms with Crippen LogP contribution in [0.15, 0.2) is 40.8 Å². The van der Waals surface area contributed by atoms with E-state index in [2.05, 4.69) is 14.8 Å². The van der Waals surface area contributed by atoms with Gasteiger partial charge >= 0.3 is 0 Å². The lowest BCUT2D eigenvalue weighted by Crippen LogP contribution is -2.35. The lowest BCUT2D eigenvalue weighted by atomic mass is 10.1. The highest BCUT2D eigenvalue weighted by Crippen LogP contribution is 2.43. The van der Waals surface area contributed by atoms with E-state index in [1.165, 1.54) is 19.1 Å². The summed E-state index contributed by atoms with van der Waals surface area (Å²) in [6, 6.07) is 6.40. The van der Waals surface area contributed by atoms with Gasteiger partial charge in [-0.2, -0.15) is 4.98 Å². The number of anilines is 3. The maximum Gasteiger partial charge on any atom is 0.299 e. The number of ether oxygens (including phenoxy) is 1. The van der Waals surface area contributed by atoms with Crippen molar-refractivity contribution in [3.8, 4) is 0 Å². The minimum Gasteiger partial charge on any atom is -0.471 e. The number of amides is 1. The number of hydrogen-bond acceptors (Lipinski definition) is 9. The predicted molar refractivity (Wildman–Crippen MR) is 136 cm³/mol. The summed E-state index contributed by atoms with van der Waals surface area (Å²) in [5, 5.41) is 0. The molecule has 188 valence electrons. The Balaban J connectivity index is 1.48. The van der Waals surface area contributed by atoms with Crippen LogP contribution in [0.5, 0.6) is 0 Å². The van der Waals surface area contributed by atoms with Gasteiger partial charge in [-0.25, -0.2) is 4.98 Å². The number of rotatable bonds is 5. The van der Waals surface area contributed by atoms with Gasteiger partial charge in [0.25, 0.3) is 11.9 Å². The maximum absolute atomic E-state index is 12.5. The molecule has 1 atom stereocenters. The number of pyridine rings is 2. The molecule has 0 saturated carbocycles. The van der Waals surface area contributed by atoms with Crippen LogP contribution in [-0.4, -0.2) is 47.0 Å². The number of aromatic nitrogens is 3. The van der Waals surface area contributed by atoms with Crippen molar-refractivity contribution >= 4 is 34.7 Å². The van der Waals surface area contributed by atoms with Crippen molar-refractivity contribution in [3.63, 3.8) is 0 Å². The van der Waals surface area contributed by atoms with Gasteiger partial charge in [-0.15, -0.1) is 0 Å². The van der Waals surface area contributed by atoms with E-state index in [-0.39, 0.29) is 5.70 Å². The molecule has 3 aliphatic heterocycles. The van der Waals surface area contributed by atoms with Crippen molar-refractivity contribution in [2.75, 3.05) is 40.9 Å². The number of oxazole rings is 1. The van der Waals surface area contributed by atoms with Crippen LogP contribution in [0.2, 0.25) is 0 Å². The molecule has 2 N–H and O–H groups in total. The molecule has 2 saturated heterocycles. The van der Waals surface area contributed by atoms with Crippen LogP contribution in [0.25, 0.3) is 11.2 Å². The van der Waals surface area contributed by atoms with Gasteiger partial charge in [0.05, 0.1) is 5.69 Å². The Morgan fingerprint density at radius 2 is 1.72 bits per heavy atom. The first-order valence-corrected chi connectivity index (χ1v) is 12.8. The molecule has 6 rings (SSSR count). The standard InChI is InChI=1S/C26H31N7O3/c1-17-8-9-18(15-28-17)25-33(20(16-35-25)22(27)34)19-14-21-23(29-24(19)31-10-4-2-5-11-31)30-26(36-21)32-12-6-3-7-13-32/h8-9,14-16,25H,2-7,10-13H2,1H3,(H2,27,34). The van der Waals surface area contributed by atoms with E-state index in [0.717, 1.165) is 68.9 Å². The van der Waals surface area contributed by atoms with Crippen LogP contribution in [0.1, 0.15) is 56.0 Å². The zero-order valence-electron chi connectivity index (χ0n) is 20.5. The molecule has 3 aromatic rings. The van der Waals surface area contributed by atoms with Crippen LogP contribution < -0.4 is 20.4 Å². The second kappa shape index (κ2) is 9.33. The molecular formula is C26H31N7O3. The Morgan fingerprint density at radius 1 is 1.00 bits per heavy atom. The lowest BCUT2D eigenvalue weighted by Gasteiger charge is -2.33. The average Bonchev–Trinajstić information content (AvgIpc) is 3.54. The predicted octanol–water partition coefficient (Wildman–Crippen LogP) is 3.77. The summed E-state index contributed by atoms with van der Waals surface area (Å²) in [7, 11) is 0. The van der Waals surface area contributed by atoms with E-state index in [1.54, 1.807) is 6.20 Å². The van der Waals surface area contributed by atoms with Gasteiger partial charge in [0.15, 0.2) is 11.4 Å². The molecule has 0 aliphatic carbocycles. The summed E-state index contributed by atoms with van der Waals surface area (Å²) in [5.74, 6) is 0.178. The van der Waals surface area contributed by atoms with Gasteiger partial charge in [-0.3, -0.25) is 14.7 Å². The largest absolute Gasteiger partial charge is 0.471 e. The van der Waals surface area contributed by atoms with Crippen LogP contribution >= 0.6 is 0 Å². The Kier molecular flexibility index (Phi) is 5.86. The number of piperidine rings is 2. The number of carbonyl (C=O) groups is 1. The van der Waals surface area contributed by atoms with Crippen molar-refractivity contribution in [3.05, 3.63) is 47.6 Å². The van der Waals surface area contributed by atoms with Crippen LogP contribution in [0.3, 0.4) is 0 Å². The van der Waals surface area contributed by atoms with Gasteiger partial charge in [-0.05, 0) is 51.5 Å². The van der Waals surface area contributed by atoms with Crippen LogP contribution in [0.4, 0.5) is 17.5 Å². The Bertz CT molecular complexity index is 1290.